The number of aryl methyl sites for hydroxylation is 1. The number of H-pyrrole nitrogens is 1. The van der Waals surface area contributed by atoms with Gasteiger partial charge in [-0.15, -0.1) is 0 Å². The Morgan fingerprint density at radius 3 is 2.64 bits per heavy atom. The molecule has 1 aromatic carbocycles. The van der Waals surface area contributed by atoms with Gasteiger partial charge in [-0.25, -0.2) is 8.42 Å². The highest BCUT2D eigenvalue weighted by molar-refractivity contribution is 7.92. The number of aromatic nitrogens is 3. The van der Waals surface area contributed by atoms with Crippen LogP contribution in [-0.2, 0) is 15.6 Å². The largest absolute Gasteiger partial charge is 0.358 e. The summed E-state index contributed by atoms with van der Waals surface area (Å²) in [5.41, 5.74) is 2.05. The maximum atomic E-state index is 12.7. The normalized spacial score (nSPS) is 12.3. The molecule has 2 heterocycles. The lowest BCUT2D eigenvalue weighted by molar-refractivity contribution is 0.355. The van der Waals surface area contributed by atoms with Gasteiger partial charge in [0.2, 0.25) is 0 Å². The topological polar surface area (TPSA) is 104 Å². The molecule has 3 rings (SSSR count). The second kappa shape index (κ2) is 5.63. The van der Waals surface area contributed by atoms with Crippen molar-refractivity contribution in [2.45, 2.75) is 38.1 Å². The number of hydrogen-bond acceptors (Lipinski definition) is 4. The van der Waals surface area contributed by atoms with Crippen LogP contribution in [0.4, 0.5) is 5.69 Å². The van der Waals surface area contributed by atoms with Gasteiger partial charge >= 0.3 is 0 Å². The molecule has 0 spiro atoms. The number of aromatic amines is 1. The molecule has 0 bridgehead atoms. The number of nitriles is 1. The van der Waals surface area contributed by atoms with E-state index < -0.39 is 10.0 Å². The Bertz CT molecular complexity index is 1090. The molecule has 2 N–H and O–H groups in total. The van der Waals surface area contributed by atoms with Gasteiger partial charge in [0, 0.05) is 17.8 Å². The van der Waals surface area contributed by atoms with Crippen molar-refractivity contribution in [3.05, 3.63) is 41.9 Å². The number of nitrogens with zero attached hydrogens (tertiary/aromatic N) is 3. The zero-order valence-electron chi connectivity index (χ0n) is 14.5. The highest BCUT2D eigenvalue weighted by atomic mass is 32.2. The average molecular weight is 357 g/mol. The van der Waals surface area contributed by atoms with Gasteiger partial charge in [0.05, 0.1) is 28.5 Å². The number of rotatable bonds is 3. The third-order valence-electron chi connectivity index (χ3n) is 3.97. The molecule has 0 fully saturated rings. The number of nitrogens with one attached hydrogen (secondary N) is 2. The van der Waals surface area contributed by atoms with E-state index in [2.05, 4.69) is 20.9 Å². The first kappa shape index (κ1) is 17.0. The fraction of sp³-hybridized carbons (Fsp3) is 0.294. The molecular weight excluding hydrogens is 338 g/mol. The maximum Gasteiger partial charge on any atom is 0.265 e. The molecule has 25 heavy (non-hydrogen) atoms. The van der Waals surface area contributed by atoms with Crippen LogP contribution < -0.4 is 4.72 Å². The SMILES string of the molecule is Cc1ccc(NS(=O)(=O)c2cnn(C(C)(C)C)c2)c2[nH]cc(C#N)c12. The Hall–Kier alpha value is -2.79. The third-order valence-corrected chi connectivity index (χ3v) is 5.29. The van der Waals surface area contributed by atoms with E-state index in [-0.39, 0.29) is 10.4 Å². The van der Waals surface area contributed by atoms with Crippen LogP contribution in [0.5, 0.6) is 0 Å². The van der Waals surface area contributed by atoms with Crippen LogP contribution in [-0.4, -0.2) is 23.2 Å². The molecule has 0 aliphatic heterocycles. The van der Waals surface area contributed by atoms with Crippen molar-refractivity contribution in [3.63, 3.8) is 0 Å². The molecule has 7 nitrogen and oxygen atoms in total. The second-order valence-corrected chi connectivity index (χ2v) is 8.57. The van der Waals surface area contributed by atoms with Crippen molar-refractivity contribution in [3.8, 4) is 6.07 Å². The minimum Gasteiger partial charge on any atom is -0.358 e. The van der Waals surface area contributed by atoms with Gasteiger partial charge in [-0.3, -0.25) is 9.40 Å². The number of fused-ring (bicyclic) bond motifs is 1. The lowest BCUT2D eigenvalue weighted by Gasteiger charge is -2.18. The number of hydrogen-bond donors (Lipinski definition) is 2. The Kier molecular flexibility index (Phi) is 3.84. The molecule has 0 atom stereocenters. The molecule has 0 radical (unpaired) electrons. The van der Waals surface area contributed by atoms with E-state index in [1.54, 1.807) is 23.0 Å². The van der Waals surface area contributed by atoms with Gasteiger partial charge < -0.3 is 4.98 Å². The summed E-state index contributed by atoms with van der Waals surface area (Å²) in [4.78, 5) is 3.07. The van der Waals surface area contributed by atoms with E-state index in [1.165, 1.54) is 12.4 Å². The first-order valence-electron chi connectivity index (χ1n) is 7.72. The predicted octanol–water partition coefficient (Wildman–Crippen LogP) is 3.10. The summed E-state index contributed by atoms with van der Waals surface area (Å²) in [6, 6.07) is 5.58. The van der Waals surface area contributed by atoms with E-state index in [1.807, 2.05) is 27.7 Å². The van der Waals surface area contributed by atoms with Crippen molar-refractivity contribution >= 4 is 26.6 Å². The molecule has 0 amide bonds. The second-order valence-electron chi connectivity index (χ2n) is 6.89. The predicted molar refractivity (Wildman–Crippen MR) is 95.8 cm³/mol. The Morgan fingerprint density at radius 1 is 1.32 bits per heavy atom. The fourth-order valence-electron chi connectivity index (χ4n) is 2.61. The summed E-state index contributed by atoms with van der Waals surface area (Å²) in [7, 11) is -3.79. The quantitative estimate of drug-likeness (QED) is 0.751. The molecule has 3 aromatic rings. The zero-order chi connectivity index (χ0) is 18.4. The van der Waals surface area contributed by atoms with Gasteiger partial charge in [-0.1, -0.05) is 6.07 Å². The molecule has 2 aromatic heterocycles. The molecule has 0 unspecified atom stereocenters. The molecule has 0 saturated carbocycles. The summed E-state index contributed by atoms with van der Waals surface area (Å²) in [5, 5.41) is 14.1. The molecular formula is C17H19N5O2S. The van der Waals surface area contributed by atoms with Crippen molar-refractivity contribution < 1.29 is 8.42 Å². The molecule has 0 aliphatic carbocycles. The monoisotopic (exact) mass is 357 g/mol. The van der Waals surface area contributed by atoms with Crippen molar-refractivity contribution in [1.29, 1.82) is 5.26 Å². The number of sulfonamides is 1. The molecule has 130 valence electrons. The lowest BCUT2D eigenvalue weighted by atomic mass is 10.1. The Morgan fingerprint density at radius 2 is 2.04 bits per heavy atom. The van der Waals surface area contributed by atoms with Gasteiger partial charge in [-0.05, 0) is 39.3 Å². The van der Waals surface area contributed by atoms with E-state index in [4.69, 9.17) is 0 Å². The molecule has 8 heteroatoms. The van der Waals surface area contributed by atoms with Crippen LogP contribution >= 0.6 is 0 Å². The van der Waals surface area contributed by atoms with Gasteiger partial charge in [-0.2, -0.15) is 10.4 Å². The van der Waals surface area contributed by atoms with Gasteiger partial charge in [0.25, 0.3) is 10.0 Å². The minimum absolute atomic E-state index is 0.0863. The van der Waals surface area contributed by atoms with Crippen molar-refractivity contribution in [2.24, 2.45) is 0 Å². The van der Waals surface area contributed by atoms with Crippen molar-refractivity contribution in [1.82, 2.24) is 14.8 Å². The van der Waals surface area contributed by atoms with E-state index in [0.717, 1.165) is 5.56 Å². The van der Waals surface area contributed by atoms with Gasteiger partial charge in [0.15, 0.2) is 0 Å². The first-order chi connectivity index (χ1) is 11.6. The molecule has 0 saturated heterocycles. The van der Waals surface area contributed by atoms with Crippen LogP contribution in [0, 0.1) is 18.3 Å². The van der Waals surface area contributed by atoms with E-state index in [0.29, 0.717) is 22.2 Å². The number of anilines is 1. The van der Waals surface area contributed by atoms with Crippen LogP contribution in [0.2, 0.25) is 0 Å². The van der Waals surface area contributed by atoms with E-state index in [9.17, 15) is 13.7 Å². The summed E-state index contributed by atoms with van der Waals surface area (Å²) >= 11 is 0. The van der Waals surface area contributed by atoms with Gasteiger partial charge in [0.1, 0.15) is 11.0 Å². The molecule has 0 aliphatic rings. The first-order valence-corrected chi connectivity index (χ1v) is 9.20. The van der Waals surface area contributed by atoms with Crippen LogP contribution in [0.1, 0.15) is 31.9 Å². The smallest absolute Gasteiger partial charge is 0.265 e. The van der Waals surface area contributed by atoms with Crippen LogP contribution in [0.15, 0.2) is 35.6 Å². The minimum atomic E-state index is -3.79. The highest BCUT2D eigenvalue weighted by Gasteiger charge is 2.22. The summed E-state index contributed by atoms with van der Waals surface area (Å²) < 4.78 is 29.6. The summed E-state index contributed by atoms with van der Waals surface area (Å²) in [6.07, 6.45) is 4.41. The van der Waals surface area contributed by atoms with E-state index >= 15 is 0 Å². The third kappa shape index (κ3) is 2.98. The van der Waals surface area contributed by atoms with Crippen LogP contribution in [0.25, 0.3) is 10.9 Å². The van der Waals surface area contributed by atoms with Crippen molar-refractivity contribution in [2.75, 3.05) is 4.72 Å². The summed E-state index contributed by atoms with van der Waals surface area (Å²) in [5.74, 6) is 0. The average Bonchev–Trinajstić information content (AvgIpc) is 3.16. The highest BCUT2D eigenvalue weighted by Crippen LogP contribution is 2.30. The fourth-order valence-corrected chi connectivity index (χ4v) is 3.61. The Balaban J connectivity index is 2.04. The lowest BCUT2D eigenvalue weighted by Crippen LogP contribution is -2.22. The van der Waals surface area contributed by atoms with Crippen LogP contribution in [0.3, 0.4) is 0 Å². The zero-order valence-corrected chi connectivity index (χ0v) is 15.3. The standard InChI is InChI=1S/C17H19N5O2S/c1-11-5-6-14(16-15(11)12(7-18)8-19-16)21-25(23,24)13-9-20-22(10-13)17(2,3)4/h5-6,8-10,19,21H,1-4H3. The Labute approximate surface area is 146 Å². The maximum absolute atomic E-state index is 12.7. The summed E-state index contributed by atoms with van der Waals surface area (Å²) in [6.45, 7) is 7.70. The number of benzene rings is 1.